The van der Waals surface area contributed by atoms with Crippen LogP contribution < -0.4 is 28.4 Å². The molecule has 12 heteroatoms. The van der Waals surface area contributed by atoms with Gasteiger partial charge in [0.1, 0.15) is 11.1 Å². The summed E-state index contributed by atoms with van der Waals surface area (Å²) in [4.78, 5) is 26.7. The monoisotopic (exact) mass is 562 g/mol. The Morgan fingerprint density at radius 1 is 0.575 bits per heavy atom. The molecule has 0 saturated heterocycles. The first kappa shape index (κ1) is 31.6. The molecule has 0 aliphatic rings. The van der Waals surface area contributed by atoms with E-state index in [2.05, 4.69) is 0 Å². The maximum absolute atomic E-state index is 13.3. The van der Waals surface area contributed by atoms with Crippen LogP contribution in [-0.2, 0) is 9.47 Å². The van der Waals surface area contributed by atoms with Gasteiger partial charge in [0, 0.05) is 11.1 Å². The number of furan rings is 1. The quantitative estimate of drug-likeness (QED) is 0.292. The summed E-state index contributed by atoms with van der Waals surface area (Å²) in [6.07, 6.45) is 0. The summed E-state index contributed by atoms with van der Waals surface area (Å²) in [5.74, 6) is 0.398. The number of hydrogen-bond donors (Lipinski definition) is 0. The Kier molecular flexibility index (Phi) is 11.1. The van der Waals surface area contributed by atoms with Crippen molar-refractivity contribution in [3.05, 3.63) is 35.4 Å². The molecule has 0 bridgehead atoms. The zero-order valence-corrected chi connectivity index (χ0v) is 23.7. The van der Waals surface area contributed by atoms with Crippen molar-refractivity contribution in [1.82, 2.24) is 0 Å². The van der Waals surface area contributed by atoms with Gasteiger partial charge in [-0.1, -0.05) is 0 Å². The highest BCUT2D eigenvalue weighted by atomic mass is 16.5. The molecule has 3 aromatic rings. The minimum Gasteiger partial charge on any atom is -0.493 e. The van der Waals surface area contributed by atoms with E-state index in [1.54, 1.807) is 38.1 Å². The average molecular weight is 563 g/mol. The van der Waals surface area contributed by atoms with E-state index in [1.165, 1.54) is 42.7 Å². The minimum atomic E-state index is -0.785. The predicted octanol–water partition coefficient (Wildman–Crippen LogP) is 4.19. The third kappa shape index (κ3) is 5.86. The lowest BCUT2D eigenvalue weighted by atomic mass is 10.0. The average Bonchev–Trinajstić information content (AvgIpc) is 3.36. The Labute approximate surface area is 231 Å². The molecule has 0 aliphatic carbocycles. The molecule has 0 aliphatic heterocycles. The normalized spacial score (nSPS) is 10.2. The second-order valence-corrected chi connectivity index (χ2v) is 7.78. The predicted molar refractivity (Wildman–Crippen MR) is 144 cm³/mol. The highest BCUT2D eigenvalue weighted by molar-refractivity contribution is 6.11. The van der Waals surface area contributed by atoms with Crippen molar-refractivity contribution in [2.75, 3.05) is 55.9 Å². The molecule has 1 heterocycles. The standard InChI is InChI=1S/C28H32O11.H2O/c1-9-37-27(29)21-22(28(30)38-10-2)24(16-13-19(33-5)26(36-8)20(14-16)34-6)39-23(21)15-11-17(31-3)25(35-7)18(12-15)32-4;/h11-14H,9-10H2,1-8H3;1H2. The Bertz CT molecular complexity index is 1190. The van der Waals surface area contributed by atoms with Crippen molar-refractivity contribution in [3.8, 4) is 57.1 Å². The van der Waals surface area contributed by atoms with Crippen LogP contribution in [0, 0.1) is 0 Å². The molecule has 0 radical (unpaired) electrons. The van der Waals surface area contributed by atoms with Crippen molar-refractivity contribution < 1.29 is 57.4 Å². The first-order valence-corrected chi connectivity index (χ1v) is 11.9. The lowest BCUT2D eigenvalue weighted by Crippen LogP contribution is -2.14. The smallest absolute Gasteiger partial charge is 0.342 e. The van der Waals surface area contributed by atoms with E-state index in [-0.39, 0.29) is 41.3 Å². The van der Waals surface area contributed by atoms with Crippen molar-refractivity contribution in [2.45, 2.75) is 13.8 Å². The first-order valence-electron chi connectivity index (χ1n) is 11.9. The number of benzene rings is 2. The number of rotatable bonds is 12. The van der Waals surface area contributed by atoms with Crippen molar-refractivity contribution >= 4 is 11.9 Å². The van der Waals surface area contributed by atoms with E-state index >= 15 is 0 Å². The summed E-state index contributed by atoms with van der Waals surface area (Å²) in [6, 6.07) is 6.38. The first-order chi connectivity index (χ1) is 18.8. The fourth-order valence-corrected chi connectivity index (χ4v) is 4.06. The molecule has 0 unspecified atom stereocenters. The van der Waals surface area contributed by atoms with Gasteiger partial charge in [-0.2, -0.15) is 0 Å². The fraction of sp³-hybridized carbons (Fsp3) is 0.357. The molecular formula is C28H34O12. The number of methoxy groups -OCH3 is 6. The topological polar surface area (TPSA) is 153 Å². The Hall–Kier alpha value is -4.58. The molecule has 0 saturated carbocycles. The molecular weight excluding hydrogens is 528 g/mol. The van der Waals surface area contributed by atoms with Crippen LogP contribution in [0.2, 0.25) is 0 Å². The number of ether oxygens (including phenoxy) is 8. The molecule has 12 nitrogen and oxygen atoms in total. The third-order valence-corrected chi connectivity index (χ3v) is 5.72. The fourth-order valence-electron chi connectivity index (χ4n) is 4.06. The largest absolute Gasteiger partial charge is 0.493 e. The van der Waals surface area contributed by atoms with E-state index in [0.717, 1.165) is 0 Å². The van der Waals surface area contributed by atoms with Crippen molar-refractivity contribution in [2.24, 2.45) is 0 Å². The summed E-state index contributed by atoms with van der Waals surface area (Å²) in [6.45, 7) is 3.42. The summed E-state index contributed by atoms with van der Waals surface area (Å²) in [7, 11) is 8.78. The van der Waals surface area contributed by atoms with Gasteiger partial charge in [-0.05, 0) is 38.1 Å². The number of carbonyl (C=O) groups is 2. The van der Waals surface area contributed by atoms with Crippen molar-refractivity contribution in [3.63, 3.8) is 0 Å². The molecule has 1 aromatic heterocycles. The molecule has 3 rings (SSSR count). The van der Waals surface area contributed by atoms with Crippen molar-refractivity contribution in [1.29, 1.82) is 0 Å². The second kappa shape index (κ2) is 14.0. The maximum Gasteiger partial charge on any atom is 0.342 e. The Morgan fingerprint density at radius 2 is 0.875 bits per heavy atom. The summed E-state index contributed by atoms with van der Waals surface area (Å²) < 4.78 is 49.7. The number of carbonyl (C=O) groups excluding carboxylic acids is 2. The molecule has 40 heavy (non-hydrogen) atoms. The minimum absolute atomic E-state index is 0. The van der Waals surface area contributed by atoms with E-state index in [9.17, 15) is 9.59 Å². The maximum atomic E-state index is 13.3. The van der Waals surface area contributed by atoms with Gasteiger partial charge >= 0.3 is 11.9 Å². The number of hydrogen-bond acceptors (Lipinski definition) is 11. The summed E-state index contributed by atoms with van der Waals surface area (Å²) in [5, 5.41) is 0. The lowest BCUT2D eigenvalue weighted by Gasteiger charge is -2.14. The van der Waals surface area contributed by atoms with Crippen LogP contribution in [0.5, 0.6) is 34.5 Å². The van der Waals surface area contributed by atoms with E-state index in [1.807, 2.05) is 0 Å². The van der Waals surface area contributed by atoms with Crippen LogP contribution in [0.15, 0.2) is 28.7 Å². The van der Waals surface area contributed by atoms with Gasteiger partial charge in [0.2, 0.25) is 11.5 Å². The van der Waals surface area contributed by atoms with Gasteiger partial charge in [-0.25, -0.2) is 9.59 Å². The van der Waals surface area contributed by atoms with Crippen LogP contribution in [0.4, 0.5) is 0 Å². The van der Waals surface area contributed by atoms with E-state index in [0.29, 0.717) is 45.6 Å². The van der Waals surface area contributed by atoms with Crippen LogP contribution >= 0.6 is 0 Å². The van der Waals surface area contributed by atoms with Crippen LogP contribution in [0.25, 0.3) is 22.6 Å². The Balaban J connectivity index is 0.00000560. The van der Waals surface area contributed by atoms with Gasteiger partial charge in [0.05, 0.1) is 55.9 Å². The highest BCUT2D eigenvalue weighted by Gasteiger charge is 2.35. The molecule has 0 atom stereocenters. The highest BCUT2D eigenvalue weighted by Crippen LogP contribution is 2.47. The van der Waals surface area contributed by atoms with Gasteiger partial charge in [-0.3, -0.25) is 0 Å². The van der Waals surface area contributed by atoms with E-state index < -0.39 is 11.9 Å². The zero-order valence-electron chi connectivity index (χ0n) is 23.7. The van der Waals surface area contributed by atoms with Gasteiger partial charge in [0.15, 0.2) is 34.5 Å². The van der Waals surface area contributed by atoms with Gasteiger partial charge in [0.25, 0.3) is 0 Å². The third-order valence-electron chi connectivity index (χ3n) is 5.72. The van der Waals surface area contributed by atoms with Gasteiger partial charge < -0.3 is 47.8 Å². The van der Waals surface area contributed by atoms with Crippen LogP contribution in [-0.4, -0.2) is 73.3 Å². The summed E-state index contributed by atoms with van der Waals surface area (Å²) in [5.41, 5.74) is 0.454. The molecule has 0 spiro atoms. The van der Waals surface area contributed by atoms with E-state index in [4.69, 9.17) is 42.3 Å². The molecule has 0 amide bonds. The molecule has 2 aromatic carbocycles. The molecule has 218 valence electrons. The van der Waals surface area contributed by atoms with Crippen LogP contribution in [0.1, 0.15) is 34.6 Å². The lowest BCUT2D eigenvalue weighted by molar-refractivity contribution is 0.0481. The molecule has 2 N–H and O–H groups in total. The molecule has 0 fully saturated rings. The van der Waals surface area contributed by atoms with Gasteiger partial charge in [-0.15, -0.1) is 0 Å². The van der Waals surface area contributed by atoms with Crippen LogP contribution in [0.3, 0.4) is 0 Å². The zero-order chi connectivity index (χ0) is 28.7. The second-order valence-electron chi connectivity index (χ2n) is 7.78. The SMILES string of the molecule is CCOC(=O)c1c(-c2cc(OC)c(OC)c(OC)c2)oc(-c2cc(OC)c(OC)c(OC)c2)c1C(=O)OCC.O. The number of esters is 2. The Morgan fingerprint density at radius 3 is 1.10 bits per heavy atom. The summed E-state index contributed by atoms with van der Waals surface area (Å²) >= 11 is 0.